The van der Waals surface area contributed by atoms with Crippen LogP contribution in [0.2, 0.25) is 0 Å². The number of alkyl halides is 1. The molecule has 1 aromatic carbocycles. The number of rotatable bonds is 2. The molecule has 0 fully saturated rings. The van der Waals surface area contributed by atoms with E-state index in [1.54, 1.807) is 6.07 Å². The predicted molar refractivity (Wildman–Crippen MR) is 56.9 cm³/mol. The van der Waals surface area contributed by atoms with Crippen molar-refractivity contribution in [1.29, 1.82) is 0 Å². The molecular weight excluding hydrogens is 234 g/mol. The average Bonchev–Trinajstić information content (AvgIpc) is 2.33. The van der Waals surface area contributed by atoms with Crippen LogP contribution in [0.4, 0.5) is 8.78 Å². The van der Waals surface area contributed by atoms with Crippen molar-refractivity contribution in [3.05, 3.63) is 47.9 Å². The van der Waals surface area contributed by atoms with Crippen molar-refractivity contribution >= 4 is 11.6 Å². The summed E-state index contributed by atoms with van der Waals surface area (Å²) in [5.41, 5.74) is 1.01. The minimum atomic E-state index is -0.900. The largest absolute Gasteiger partial charge is 0.240 e. The van der Waals surface area contributed by atoms with Crippen LogP contribution in [0.25, 0.3) is 11.3 Å². The molecule has 0 amide bonds. The molecule has 0 spiro atoms. The van der Waals surface area contributed by atoms with Crippen LogP contribution in [0.1, 0.15) is 5.82 Å². The van der Waals surface area contributed by atoms with Crippen LogP contribution in [-0.2, 0) is 5.88 Å². The van der Waals surface area contributed by atoms with Crippen LogP contribution < -0.4 is 0 Å². The third-order valence-electron chi connectivity index (χ3n) is 2.04. The first-order chi connectivity index (χ1) is 7.70. The Morgan fingerprint density at radius 2 is 1.94 bits per heavy atom. The molecule has 82 valence electrons. The van der Waals surface area contributed by atoms with Gasteiger partial charge in [0.05, 0.1) is 11.6 Å². The minimum Gasteiger partial charge on any atom is -0.240 e. The highest BCUT2D eigenvalue weighted by Crippen LogP contribution is 2.19. The van der Waals surface area contributed by atoms with Crippen molar-refractivity contribution in [3.8, 4) is 11.3 Å². The summed E-state index contributed by atoms with van der Waals surface area (Å²) in [6.45, 7) is 0. The maximum absolute atomic E-state index is 13.0. The van der Waals surface area contributed by atoms with Gasteiger partial charge in [-0.2, -0.15) is 0 Å². The molecule has 16 heavy (non-hydrogen) atoms. The molecule has 0 radical (unpaired) electrons. The van der Waals surface area contributed by atoms with Gasteiger partial charge in [-0.05, 0) is 24.3 Å². The third-order valence-corrected chi connectivity index (χ3v) is 2.28. The van der Waals surface area contributed by atoms with Gasteiger partial charge in [0.25, 0.3) is 0 Å². The average molecular weight is 241 g/mol. The number of hydrogen-bond acceptors (Lipinski definition) is 2. The van der Waals surface area contributed by atoms with E-state index in [0.717, 1.165) is 12.1 Å². The van der Waals surface area contributed by atoms with Gasteiger partial charge in [-0.15, -0.1) is 11.6 Å². The summed E-state index contributed by atoms with van der Waals surface area (Å²) >= 11 is 5.58. The van der Waals surface area contributed by atoms with Crippen molar-refractivity contribution in [3.63, 3.8) is 0 Å². The van der Waals surface area contributed by atoms with E-state index in [1.165, 1.54) is 12.3 Å². The van der Waals surface area contributed by atoms with E-state index in [4.69, 9.17) is 11.6 Å². The Labute approximate surface area is 95.9 Å². The van der Waals surface area contributed by atoms with E-state index in [1.807, 2.05) is 0 Å². The molecule has 0 aliphatic carbocycles. The second-order valence-corrected chi connectivity index (χ2v) is 3.39. The third kappa shape index (κ3) is 2.17. The van der Waals surface area contributed by atoms with E-state index >= 15 is 0 Å². The van der Waals surface area contributed by atoms with Gasteiger partial charge in [0, 0.05) is 11.8 Å². The first-order valence-electron chi connectivity index (χ1n) is 4.54. The van der Waals surface area contributed by atoms with Crippen molar-refractivity contribution in [1.82, 2.24) is 9.97 Å². The fourth-order valence-corrected chi connectivity index (χ4v) is 1.41. The molecule has 0 unspecified atom stereocenters. The number of aromatic nitrogens is 2. The zero-order valence-corrected chi connectivity index (χ0v) is 8.88. The molecule has 0 atom stereocenters. The van der Waals surface area contributed by atoms with Gasteiger partial charge < -0.3 is 0 Å². The summed E-state index contributed by atoms with van der Waals surface area (Å²) in [7, 11) is 0. The fraction of sp³-hybridized carbons (Fsp3) is 0.0909. The lowest BCUT2D eigenvalue weighted by Gasteiger charge is -2.02. The predicted octanol–water partition coefficient (Wildman–Crippen LogP) is 3.16. The Hall–Kier alpha value is -1.55. The van der Waals surface area contributed by atoms with Gasteiger partial charge in [0.15, 0.2) is 11.6 Å². The molecule has 0 saturated heterocycles. The van der Waals surface area contributed by atoms with E-state index in [9.17, 15) is 8.78 Å². The van der Waals surface area contributed by atoms with Crippen molar-refractivity contribution in [2.45, 2.75) is 5.88 Å². The maximum atomic E-state index is 13.0. The molecule has 0 bridgehead atoms. The molecule has 0 aliphatic heterocycles. The van der Waals surface area contributed by atoms with Gasteiger partial charge in [-0.1, -0.05) is 0 Å². The standard InChI is InChI=1S/C11H7ClF2N2/c12-6-11-15-4-3-10(16-11)7-1-2-8(13)9(14)5-7/h1-5H,6H2. The highest BCUT2D eigenvalue weighted by atomic mass is 35.5. The van der Waals surface area contributed by atoms with Crippen LogP contribution in [0.5, 0.6) is 0 Å². The summed E-state index contributed by atoms with van der Waals surface area (Å²) in [4.78, 5) is 8.01. The van der Waals surface area contributed by atoms with Crippen LogP contribution >= 0.6 is 11.6 Å². The van der Waals surface area contributed by atoms with Gasteiger partial charge in [-0.3, -0.25) is 0 Å². The number of hydrogen-bond donors (Lipinski definition) is 0. The Balaban J connectivity index is 2.46. The highest BCUT2D eigenvalue weighted by Gasteiger charge is 2.06. The maximum Gasteiger partial charge on any atom is 0.159 e. The van der Waals surface area contributed by atoms with Gasteiger partial charge in [0.2, 0.25) is 0 Å². The van der Waals surface area contributed by atoms with Crippen molar-refractivity contribution < 1.29 is 8.78 Å². The Morgan fingerprint density at radius 1 is 1.12 bits per heavy atom. The molecule has 2 rings (SSSR count). The Bertz CT molecular complexity index is 517. The van der Waals surface area contributed by atoms with E-state index < -0.39 is 11.6 Å². The number of nitrogens with zero attached hydrogens (tertiary/aromatic N) is 2. The minimum absolute atomic E-state index is 0.178. The lowest BCUT2D eigenvalue weighted by atomic mass is 10.1. The zero-order chi connectivity index (χ0) is 11.5. The van der Waals surface area contributed by atoms with E-state index in [2.05, 4.69) is 9.97 Å². The molecule has 0 aliphatic rings. The molecule has 2 nitrogen and oxygen atoms in total. The quantitative estimate of drug-likeness (QED) is 0.754. The first kappa shape index (κ1) is 11.0. The molecular formula is C11H7ClF2N2. The molecule has 5 heteroatoms. The molecule has 0 saturated carbocycles. The first-order valence-corrected chi connectivity index (χ1v) is 5.07. The normalized spacial score (nSPS) is 10.4. The van der Waals surface area contributed by atoms with Gasteiger partial charge in [-0.25, -0.2) is 18.7 Å². The van der Waals surface area contributed by atoms with Crippen molar-refractivity contribution in [2.75, 3.05) is 0 Å². The fourth-order valence-electron chi connectivity index (χ4n) is 1.28. The summed E-state index contributed by atoms with van der Waals surface area (Å²) < 4.78 is 25.7. The van der Waals surface area contributed by atoms with Gasteiger partial charge in [0.1, 0.15) is 5.82 Å². The smallest absolute Gasteiger partial charge is 0.159 e. The van der Waals surface area contributed by atoms with E-state index in [0.29, 0.717) is 17.1 Å². The summed E-state index contributed by atoms with van der Waals surface area (Å²) in [5.74, 6) is -1.15. The van der Waals surface area contributed by atoms with Gasteiger partial charge >= 0.3 is 0 Å². The lowest BCUT2D eigenvalue weighted by Crippen LogP contribution is -1.94. The number of halogens is 3. The SMILES string of the molecule is Fc1ccc(-c2ccnc(CCl)n2)cc1F. The van der Waals surface area contributed by atoms with Crippen LogP contribution in [-0.4, -0.2) is 9.97 Å². The lowest BCUT2D eigenvalue weighted by molar-refractivity contribution is 0.509. The second kappa shape index (κ2) is 4.53. The zero-order valence-electron chi connectivity index (χ0n) is 8.12. The second-order valence-electron chi connectivity index (χ2n) is 3.12. The molecule has 2 aromatic rings. The Morgan fingerprint density at radius 3 is 2.62 bits per heavy atom. The monoisotopic (exact) mass is 240 g/mol. The molecule has 0 N–H and O–H groups in total. The topological polar surface area (TPSA) is 25.8 Å². The van der Waals surface area contributed by atoms with Crippen LogP contribution in [0, 0.1) is 11.6 Å². The van der Waals surface area contributed by atoms with Crippen molar-refractivity contribution in [2.24, 2.45) is 0 Å². The summed E-state index contributed by atoms with van der Waals surface area (Å²) in [6.07, 6.45) is 1.53. The van der Waals surface area contributed by atoms with Crippen LogP contribution in [0.3, 0.4) is 0 Å². The summed E-state index contributed by atoms with van der Waals surface area (Å²) in [6, 6.07) is 5.23. The Kier molecular flexibility index (Phi) is 3.10. The molecule has 1 aromatic heterocycles. The van der Waals surface area contributed by atoms with E-state index in [-0.39, 0.29) is 5.88 Å². The highest BCUT2D eigenvalue weighted by molar-refractivity contribution is 6.16. The number of benzene rings is 1. The van der Waals surface area contributed by atoms with Crippen LogP contribution in [0.15, 0.2) is 30.5 Å². The molecule has 1 heterocycles. The summed E-state index contributed by atoms with van der Waals surface area (Å²) in [5, 5.41) is 0.